The van der Waals surface area contributed by atoms with Crippen molar-refractivity contribution in [2.24, 2.45) is 5.92 Å². The molecule has 0 atom stereocenters. The van der Waals surface area contributed by atoms with Gasteiger partial charge in [-0.05, 0) is 50.5 Å². The summed E-state index contributed by atoms with van der Waals surface area (Å²) in [6.07, 6.45) is 14.6. The average molecular weight is 419 g/mol. The lowest BCUT2D eigenvalue weighted by atomic mass is 9.84. The van der Waals surface area contributed by atoms with Crippen LogP contribution in [-0.2, 0) is 11.2 Å². The number of carbonyl (C=O) groups excluding carboxylic acids is 1. The molecule has 2 fully saturated rings. The summed E-state index contributed by atoms with van der Waals surface area (Å²) in [5.41, 5.74) is 2.78. The van der Waals surface area contributed by atoms with E-state index in [9.17, 15) is 4.79 Å². The van der Waals surface area contributed by atoms with Crippen LogP contribution >= 0.6 is 0 Å². The van der Waals surface area contributed by atoms with Crippen molar-refractivity contribution >= 4 is 28.0 Å². The standard InChI is InChI=1S/C24H30N6O/c25-12-10-16-6-8-18(9-7-16)30-21(14-22(31)28-17-4-2-1-3-5-17)29-20-15-27-24-19(23(20)30)11-13-26-24/h11,13,15-18H,1-10,14H2,(H,26,27)(H,28,31)/t16-,18-. The summed E-state index contributed by atoms with van der Waals surface area (Å²) >= 11 is 0. The van der Waals surface area contributed by atoms with E-state index in [1.54, 1.807) is 0 Å². The van der Waals surface area contributed by atoms with Crippen molar-refractivity contribution < 1.29 is 4.79 Å². The van der Waals surface area contributed by atoms with Crippen LogP contribution in [0.25, 0.3) is 22.1 Å². The van der Waals surface area contributed by atoms with Crippen molar-refractivity contribution in [3.05, 3.63) is 24.3 Å². The maximum absolute atomic E-state index is 12.9. The van der Waals surface area contributed by atoms with E-state index in [1.807, 2.05) is 12.4 Å². The van der Waals surface area contributed by atoms with Gasteiger partial charge in [-0.1, -0.05) is 19.3 Å². The van der Waals surface area contributed by atoms with Gasteiger partial charge in [0.05, 0.1) is 24.2 Å². The van der Waals surface area contributed by atoms with Gasteiger partial charge in [0.25, 0.3) is 0 Å². The zero-order chi connectivity index (χ0) is 21.2. The van der Waals surface area contributed by atoms with Gasteiger partial charge in [0, 0.05) is 30.1 Å². The number of nitrogens with zero attached hydrogens (tertiary/aromatic N) is 4. The number of fused-ring (bicyclic) bond motifs is 3. The number of imidazole rings is 1. The molecular weight excluding hydrogens is 388 g/mol. The summed E-state index contributed by atoms with van der Waals surface area (Å²) in [5, 5.41) is 13.4. The normalized spacial score (nSPS) is 22.5. The van der Waals surface area contributed by atoms with E-state index < -0.39 is 0 Å². The first-order valence-corrected chi connectivity index (χ1v) is 11.7. The lowest BCUT2D eigenvalue weighted by Gasteiger charge is -2.30. The number of rotatable bonds is 5. The first-order valence-electron chi connectivity index (χ1n) is 11.7. The van der Waals surface area contributed by atoms with E-state index in [-0.39, 0.29) is 5.91 Å². The fourth-order valence-electron chi connectivity index (χ4n) is 5.56. The minimum absolute atomic E-state index is 0.0693. The highest BCUT2D eigenvalue weighted by Gasteiger charge is 2.28. The van der Waals surface area contributed by atoms with E-state index in [0.717, 1.165) is 66.4 Å². The second kappa shape index (κ2) is 8.70. The Bertz CT molecular complexity index is 1110. The van der Waals surface area contributed by atoms with Gasteiger partial charge in [0.15, 0.2) is 0 Å². The molecule has 3 aromatic rings. The van der Waals surface area contributed by atoms with Gasteiger partial charge < -0.3 is 14.9 Å². The molecule has 0 bridgehead atoms. The van der Waals surface area contributed by atoms with E-state index in [0.29, 0.717) is 30.8 Å². The van der Waals surface area contributed by atoms with Crippen LogP contribution < -0.4 is 5.32 Å². The van der Waals surface area contributed by atoms with Crippen LogP contribution in [0.1, 0.15) is 76.1 Å². The highest BCUT2D eigenvalue weighted by molar-refractivity contribution is 6.01. The molecule has 31 heavy (non-hydrogen) atoms. The first kappa shape index (κ1) is 20.0. The fourth-order valence-corrected chi connectivity index (χ4v) is 5.56. The Morgan fingerprint density at radius 3 is 2.77 bits per heavy atom. The molecule has 0 saturated heterocycles. The van der Waals surface area contributed by atoms with Gasteiger partial charge in [-0.15, -0.1) is 0 Å². The van der Waals surface area contributed by atoms with Crippen LogP contribution in [0.2, 0.25) is 0 Å². The van der Waals surface area contributed by atoms with Crippen molar-refractivity contribution in [3.63, 3.8) is 0 Å². The van der Waals surface area contributed by atoms with Crippen molar-refractivity contribution in [2.45, 2.75) is 82.7 Å². The Morgan fingerprint density at radius 1 is 1.19 bits per heavy atom. The van der Waals surface area contributed by atoms with Crippen molar-refractivity contribution in [2.75, 3.05) is 0 Å². The second-order valence-electron chi connectivity index (χ2n) is 9.25. The van der Waals surface area contributed by atoms with Crippen LogP contribution in [0.3, 0.4) is 0 Å². The van der Waals surface area contributed by atoms with Gasteiger partial charge in [-0.3, -0.25) is 4.79 Å². The number of hydrogen-bond donors (Lipinski definition) is 2. The van der Waals surface area contributed by atoms with Gasteiger partial charge in [-0.25, -0.2) is 9.97 Å². The molecule has 2 aliphatic carbocycles. The van der Waals surface area contributed by atoms with Gasteiger partial charge in [0.1, 0.15) is 17.0 Å². The number of aromatic nitrogens is 4. The van der Waals surface area contributed by atoms with Gasteiger partial charge >= 0.3 is 0 Å². The average Bonchev–Trinajstić information content (AvgIpc) is 3.39. The minimum Gasteiger partial charge on any atom is -0.353 e. The summed E-state index contributed by atoms with van der Waals surface area (Å²) in [5.74, 6) is 1.39. The zero-order valence-corrected chi connectivity index (χ0v) is 17.9. The second-order valence-corrected chi connectivity index (χ2v) is 9.25. The molecule has 2 aliphatic rings. The number of nitriles is 1. The maximum atomic E-state index is 12.9. The lowest BCUT2D eigenvalue weighted by Crippen LogP contribution is -2.37. The predicted molar refractivity (Wildman–Crippen MR) is 119 cm³/mol. The number of amides is 1. The molecule has 0 radical (unpaired) electrons. The highest BCUT2D eigenvalue weighted by atomic mass is 16.1. The van der Waals surface area contributed by atoms with E-state index in [2.05, 4.69) is 32.0 Å². The Labute approximate surface area is 182 Å². The third-order valence-corrected chi connectivity index (χ3v) is 7.16. The Kier molecular flexibility index (Phi) is 5.63. The van der Waals surface area contributed by atoms with Crippen molar-refractivity contribution in [1.29, 1.82) is 5.26 Å². The number of H-pyrrole nitrogens is 1. The molecule has 3 heterocycles. The molecule has 0 aliphatic heterocycles. The molecule has 5 rings (SSSR count). The van der Waals surface area contributed by atoms with Crippen LogP contribution in [0.5, 0.6) is 0 Å². The summed E-state index contributed by atoms with van der Waals surface area (Å²) in [6, 6.07) is 4.99. The van der Waals surface area contributed by atoms with Gasteiger partial charge in [0.2, 0.25) is 5.91 Å². The first-order chi connectivity index (χ1) is 15.2. The minimum atomic E-state index is 0.0693. The molecule has 0 spiro atoms. The Hall–Kier alpha value is -2.88. The summed E-state index contributed by atoms with van der Waals surface area (Å²) in [7, 11) is 0. The molecule has 7 heteroatoms. The monoisotopic (exact) mass is 418 g/mol. The van der Waals surface area contributed by atoms with E-state index in [4.69, 9.17) is 10.2 Å². The molecule has 0 unspecified atom stereocenters. The molecule has 7 nitrogen and oxygen atoms in total. The van der Waals surface area contributed by atoms with Crippen molar-refractivity contribution in [3.8, 4) is 6.07 Å². The molecule has 2 N–H and O–H groups in total. The predicted octanol–water partition coefficient (Wildman–Crippen LogP) is 4.55. The fraction of sp³-hybridized carbons (Fsp3) is 0.583. The largest absolute Gasteiger partial charge is 0.353 e. The maximum Gasteiger partial charge on any atom is 0.227 e. The smallest absolute Gasteiger partial charge is 0.227 e. The Morgan fingerprint density at radius 2 is 2.00 bits per heavy atom. The quantitative estimate of drug-likeness (QED) is 0.635. The van der Waals surface area contributed by atoms with E-state index in [1.165, 1.54) is 19.3 Å². The molecule has 2 saturated carbocycles. The van der Waals surface area contributed by atoms with Crippen LogP contribution in [0.4, 0.5) is 0 Å². The van der Waals surface area contributed by atoms with E-state index >= 15 is 0 Å². The Balaban J connectivity index is 1.46. The van der Waals surface area contributed by atoms with Crippen LogP contribution in [-0.4, -0.2) is 31.5 Å². The molecule has 1 amide bonds. The molecule has 3 aromatic heterocycles. The lowest BCUT2D eigenvalue weighted by molar-refractivity contribution is -0.121. The number of aromatic amines is 1. The zero-order valence-electron chi connectivity index (χ0n) is 17.9. The van der Waals surface area contributed by atoms with Crippen molar-refractivity contribution in [1.82, 2.24) is 24.8 Å². The summed E-state index contributed by atoms with van der Waals surface area (Å²) in [4.78, 5) is 25.5. The third kappa shape index (κ3) is 4.04. The number of hydrogen-bond acceptors (Lipinski definition) is 4. The molecular formula is C24H30N6O. The number of nitrogens with one attached hydrogen (secondary N) is 2. The molecule has 0 aromatic carbocycles. The molecule has 162 valence electrons. The third-order valence-electron chi connectivity index (χ3n) is 7.16. The van der Waals surface area contributed by atoms with Gasteiger partial charge in [-0.2, -0.15) is 5.26 Å². The SMILES string of the molecule is N#CC[C@H]1CC[C@H](n2c(CC(=O)NC3CCCCC3)nc3cnc4[nH]ccc4c32)CC1. The van der Waals surface area contributed by atoms with Crippen LogP contribution in [0, 0.1) is 17.2 Å². The number of pyridine rings is 1. The topological polar surface area (TPSA) is 99.4 Å². The summed E-state index contributed by atoms with van der Waals surface area (Å²) in [6.45, 7) is 0. The van der Waals surface area contributed by atoms with Crippen LogP contribution in [0.15, 0.2) is 18.5 Å². The summed E-state index contributed by atoms with van der Waals surface area (Å²) < 4.78 is 2.32. The highest BCUT2D eigenvalue weighted by Crippen LogP contribution is 2.38. The number of carbonyl (C=O) groups is 1.